The molecule has 1 heterocycles. The molecule has 0 aliphatic carbocycles. The van der Waals surface area contributed by atoms with Crippen molar-refractivity contribution in [3.63, 3.8) is 0 Å². The lowest BCUT2D eigenvalue weighted by Gasteiger charge is -2.10. The average Bonchev–Trinajstić information content (AvgIpc) is 2.75. The maximum atomic E-state index is 11.7. The highest BCUT2D eigenvalue weighted by atomic mass is 32.2. The first-order valence-corrected chi connectivity index (χ1v) is 7.33. The van der Waals surface area contributed by atoms with Gasteiger partial charge in [-0.1, -0.05) is 23.9 Å². The third-order valence-electron chi connectivity index (χ3n) is 2.84. The molecule has 19 heavy (non-hydrogen) atoms. The quantitative estimate of drug-likeness (QED) is 0.622. The van der Waals surface area contributed by atoms with E-state index in [9.17, 15) is 4.79 Å². The number of ether oxygens (including phenoxy) is 1. The summed E-state index contributed by atoms with van der Waals surface area (Å²) in [6.07, 6.45) is 0. The fourth-order valence-corrected chi connectivity index (χ4v) is 2.90. The van der Waals surface area contributed by atoms with Crippen LogP contribution >= 0.6 is 11.8 Å². The summed E-state index contributed by atoms with van der Waals surface area (Å²) in [6, 6.07) is 8.00. The average molecular weight is 278 g/mol. The molecule has 0 bridgehead atoms. The SMILES string of the molecule is CCOC(=O)C(C)Sc1nc2ccccc2n1CC. The Morgan fingerprint density at radius 1 is 1.42 bits per heavy atom. The molecule has 1 atom stereocenters. The Hall–Kier alpha value is -1.49. The van der Waals surface area contributed by atoms with E-state index in [-0.39, 0.29) is 11.2 Å². The van der Waals surface area contributed by atoms with Crippen LogP contribution in [0, 0.1) is 0 Å². The topological polar surface area (TPSA) is 44.1 Å². The van der Waals surface area contributed by atoms with Crippen LogP contribution in [0.2, 0.25) is 0 Å². The number of esters is 1. The zero-order valence-electron chi connectivity index (χ0n) is 11.4. The normalized spacial score (nSPS) is 12.6. The summed E-state index contributed by atoms with van der Waals surface area (Å²) in [4.78, 5) is 16.3. The molecule has 2 rings (SSSR count). The Kier molecular flexibility index (Phi) is 4.47. The minimum Gasteiger partial charge on any atom is -0.465 e. The van der Waals surface area contributed by atoms with E-state index in [1.54, 1.807) is 0 Å². The van der Waals surface area contributed by atoms with Gasteiger partial charge in [-0.05, 0) is 32.9 Å². The van der Waals surface area contributed by atoms with Crippen molar-refractivity contribution in [1.82, 2.24) is 9.55 Å². The Bertz CT molecular complexity index is 580. The molecule has 0 amide bonds. The number of hydrogen-bond donors (Lipinski definition) is 0. The highest BCUT2D eigenvalue weighted by Gasteiger charge is 2.19. The van der Waals surface area contributed by atoms with Gasteiger partial charge in [0.1, 0.15) is 5.25 Å². The number of para-hydroxylation sites is 2. The van der Waals surface area contributed by atoms with Crippen molar-refractivity contribution < 1.29 is 9.53 Å². The van der Waals surface area contributed by atoms with Crippen LogP contribution in [-0.2, 0) is 16.1 Å². The lowest BCUT2D eigenvalue weighted by molar-refractivity contribution is -0.142. The fourth-order valence-electron chi connectivity index (χ4n) is 1.91. The van der Waals surface area contributed by atoms with E-state index in [0.29, 0.717) is 6.61 Å². The zero-order chi connectivity index (χ0) is 13.8. The molecule has 0 saturated carbocycles. The first kappa shape index (κ1) is 13.9. The number of aryl methyl sites for hydroxylation is 1. The summed E-state index contributed by atoms with van der Waals surface area (Å²) in [7, 11) is 0. The summed E-state index contributed by atoms with van der Waals surface area (Å²) in [5, 5.41) is 0.617. The van der Waals surface area contributed by atoms with Gasteiger partial charge in [-0.2, -0.15) is 0 Å². The van der Waals surface area contributed by atoms with E-state index in [0.717, 1.165) is 22.7 Å². The largest absolute Gasteiger partial charge is 0.465 e. The molecule has 0 aliphatic rings. The molecule has 0 N–H and O–H groups in total. The van der Waals surface area contributed by atoms with Gasteiger partial charge in [-0.25, -0.2) is 4.98 Å². The fraction of sp³-hybridized carbons (Fsp3) is 0.429. The van der Waals surface area contributed by atoms with Crippen LogP contribution < -0.4 is 0 Å². The van der Waals surface area contributed by atoms with Gasteiger partial charge >= 0.3 is 5.97 Å². The first-order chi connectivity index (χ1) is 9.17. The highest BCUT2D eigenvalue weighted by molar-refractivity contribution is 8.00. The van der Waals surface area contributed by atoms with Gasteiger partial charge in [0.2, 0.25) is 0 Å². The summed E-state index contributed by atoms with van der Waals surface area (Å²) < 4.78 is 7.15. The minimum absolute atomic E-state index is 0.192. The standard InChI is InChI=1S/C14H18N2O2S/c1-4-16-12-9-7-6-8-11(12)15-14(16)19-10(3)13(17)18-5-2/h6-10H,4-5H2,1-3H3. The number of aromatic nitrogens is 2. The maximum Gasteiger partial charge on any atom is 0.319 e. The van der Waals surface area contributed by atoms with Gasteiger partial charge in [-0.15, -0.1) is 0 Å². The number of imidazole rings is 1. The second-order valence-corrected chi connectivity index (χ2v) is 5.45. The molecule has 4 nitrogen and oxygen atoms in total. The Balaban J connectivity index is 2.27. The zero-order valence-corrected chi connectivity index (χ0v) is 12.2. The molecule has 0 saturated heterocycles. The molecule has 0 fully saturated rings. The number of thioether (sulfide) groups is 1. The second kappa shape index (κ2) is 6.10. The van der Waals surface area contributed by atoms with Gasteiger partial charge in [-0.3, -0.25) is 4.79 Å². The molecule has 1 aromatic carbocycles. The van der Waals surface area contributed by atoms with Gasteiger partial charge < -0.3 is 9.30 Å². The predicted molar refractivity (Wildman–Crippen MR) is 77.4 cm³/mol. The lowest BCUT2D eigenvalue weighted by atomic mass is 10.3. The third-order valence-corrected chi connectivity index (χ3v) is 3.90. The number of carbonyl (C=O) groups is 1. The van der Waals surface area contributed by atoms with Gasteiger partial charge in [0.25, 0.3) is 0 Å². The van der Waals surface area contributed by atoms with Crippen LogP contribution in [0.15, 0.2) is 29.4 Å². The van der Waals surface area contributed by atoms with Crippen molar-refractivity contribution in [3.05, 3.63) is 24.3 Å². The van der Waals surface area contributed by atoms with Crippen LogP contribution in [0.3, 0.4) is 0 Å². The third kappa shape index (κ3) is 2.92. The molecule has 1 aromatic heterocycles. The maximum absolute atomic E-state index is 11.7. The first-order valence-electron chi connectivity index (χ1n) is 6.45. The summed E-state index contributed by atoms with van der Waals surface area (Å²) in [6.45, 7) is 6.98. The van der Waals surface area contributed by atoms with E-state index in [1.165, 1.54) is 11.8 Å². The molecular formula is C14H18N2O2S. The van der Waals surface area contributed by atoms with Crippen molar-refractivity contribution in [2.24, 2.45) is 0 Å². The molecule has 0 spiro atoms. The van der Waals surface area contributed by atoms with Crippen molar-refractivity contribution >= 4 is 28.8 Å². The Morgan fingerprint density at radius 3 is 2.84 bits per heavy atom. The van der Waals surface area contributed by atoms with Gasteiger partial charge in [0, 0.05) is 6.54 Å². The van der Waals surface area contributed by atoms with Crippen LogP contribution in [-0.4, -0.2) is 27.4 Å². The molecule has 5 heteroatoms. The van der Waals surface area contributed by atoms with Crippen molar-refractivity contribution in [3.8, 4) is 0 Å². The number of nitrogens with zero attached hydrogens (tertiary/aromatic N) is 2. The molecule has 0 radical (unpaired) electrons. The highest BCUT2D eigenvalue weighted by Crippen LogP contribution is 2.27. The Morgan fingerprint density at radius 2 is 2.16 bits per heavy atom. The molecular weight excluding hydrogens is 260 g/mol. The Labute approximate surface area is 117 Å². The van der Waals surface area contributed by atoms with Crippen LogP contribution in [0.5, 0.6) is 0 Å². The summed E-state index contributed by atoms with van der Waals surface area (Å²) in [5.74, 6) is -0.192. The number of hydrogen-bond acceptors (Lipinski definition) is 4. The summed E-state index contributed by atoms with van der Waals surface area (Å²) >= 11 is 1.45. The van der Waals surface area contributed by atoms with Gasteiger partial charge in [0.15, 0.2) is 5.16 Å². The van der Waals surface area contributed by atoms with Crippen LogP contribution in [0.25, 0.3) is 11.0 Å². The van der Waals surface area contributed by atoms with E-state index >= 15 is 0 Å². The van der Waals surface area contributed by atoms with Gasteiger partial charge in [0.05, 0.1) is 17.6 Å². The smallest absolute Gasteiger partial charge is 0.319 e. The minimum atomic E-state index is -0.248. The van der Waals surface area contributed by atoms with E-state index in [4.69, 9.17) is 4.74 Å². The van der Waals surface area contributed by atoms with Crippen molar-refractivity contribution in [2.45, 2.75) is 37.7 Å². The van der Waals surface area contributed by atoms with Crippen molar-refractivity contribution in [2.75, 3.05) is 6.61 Å². The molecule has 0 aliphatic heterocycles. The molecule has 1 unspecified atom stereocenters. The molecule has 102 valence electrons. The van der Waals surface area contributed by atoms with Crippen molar-refractivity contribution in [1.29, 1.82) is 0 Å². The van der Waals surface area contributed by atoms with E-state index in [2.05, 4.69) is 16.5 Å². The summed E-state index contributed by atoms with van der Waals surface area (Å²) in [5.41, 5.74) is 2.06. The predicted octanol–water partition coefficient (Wildman–Crippen LogP) is 3.10. The molecule has 2 aromatic rings. The van der Waals surface area contributed by atoms with E-state index < -0.39 is 0 Å². The number of rotatable bonds is 5. The monoisotopic (exact) mass is 278 g/mol. The van der Waals surface area contributed by atoms with E-state index in [1.807, 2.05) is 38.1 Å². The number of fused-ring (bicyclic) bond motifs is 1. The van der Waals surface area contributed by atoms with Crippen LogP contribution in [0.1, 0.15) is 20.8 Å². The number of benzene rings is 1. The lowest BCUT2D eigenvalue weighted by Crippen LogP contribution is -2.17. The number of carbonyl (C=O) groups excluding carboxylic acids is 1. The van der Waals surface area contributed by atoms with Crippen LogP contribution in [0.4, 0.5) is 0 Å². The second-order valence-electron chi connectivity index (χ2n) is 4.14.